The summed E-state index contributed by atoms with van der Waals surface area (Å²) in [5.74, 6) is 0.674. The van der Waals surface area contributed by atoms with E-state index in [-0.39, 0.29) is 5.03 Å². The van der Waals surface area contributed by atoms with Crippen LogP contribution in [0.4, 0.5) is 5.82 Å². The quantitative estimate of drug-likeness (QED) is 0.515. The highest BCUT2D eigenvalue weighted by Gasteiger charge is 2.26. The second-order valence-corrected chi connectivity index (χ2v) is 9.96. The average Bonchev–Trinajstić information content (AvgIpc) is 3.03. The lowest BCUT2D eigenvalue weighted by Gasteiger charge is -2.31. The van der Waals surface area contributed by atoms with Gasteiger partial charge in [0.2, 0.25) is 0 Å². The monoisotopic (exact) mass is 446 g/mol. The number of sulfonamides is 1. The molecule has 0 aliphatic carbocycles. The van der Waals surface area contributed by atoms with Gasteiger partial charge in [0.25, 0.3) is 10.0 Å². The highest BCUT2D eigenvalue weighted by atomic mass is 32.2. The minimum atomic E-state index is -3.94. The van der Waals surface area contributed by atoms with Crippen LogP contribution in [0, 0.1) is 13.8 Å². The molecule has 0 radical (unpaired) electrons. The fourth-order valence-corrected chi connectivity index (χ4v) is 5.12. The van der Waals surface area contributed by atoms with Gasteiger partial charge in [-0.25, -0.2) is 18.5 Å². The van der Waals surface area contributed by atoms with E-state index in [0.29, 0.717) is 18.9 Å². The van der Waals surface area contributed by atoms with Gasteiger partial charge in [-0.1, -0.05) is 54.6 Å². The number of anilines is 1. The van der Waals surface area contributed by atoms with Gasteiger partial charge in [-0.2, -0.15) is 0 Å². The van der Waals surface area contributed by atoms with Crippen molar-refractivity contribution in [3.05, 3.63) is 88.6 Å². The number of rotatable bonds is 4. The molecule has 0 atom stereocenters. The maximum Gasteiger partial charge on any atom is 0.255 e. The van der Waals surface area contributed by atoms with Crippen molar-refractivity contribution in [1.82, 2.24) is 9.55 Å². The summed E-state index contributed by atoms with van der Waals surface area (Å²) in [7, 11) is -3.94. The van der Waals surface area contributed by atoms with Gasteiger partial charge in [0.1, 0.15) is 0 Å². The maximum atomic E-state index is 12.3. The normalized spacial score (nSPS) is 14.0. The minimum absolute atomic E-state index is 0.0844. The van der Waals surface area contributed by atoms with Crippen molar-refractivity contribution < 1.29 is 8.42 Å². The van der Waals surface area contributed by atoms with Crippen molar-refractivity contribution in [2.24, 2.45) is 5.14 Å². The van der Waals surface area contributed by atoms with E-state index in [0.717, 1.165) is 35.1 Å². The highest BCUT2D eigenvalue weighted by molar-refractivity contribution is 7.89. The summed E-state index contributed by atoms with van der Waals surface area (Å²) >= 11 is 0. The summed E-state index contributed by atoms with van der Waals surface area (Å²) in [6.07, 6.45) is 0.885. The van der Waals surface area contributed by atoms with E-state index < -0.39 is 10.0 Å². The lowest BCUT2D eigenvalue weighted by Crippen LogP contribution is -2.32. The first-order valence-electron chi connectivity index (χ1n) is 10.7. The van der Waals surface area contributed by atoms with Gasteiger partial charge in [-0.05, 0) is 48.6 Å². The minimum Gasteiger partial charge on any atom is -0.350 e. The number of hydrogen-bond donors (Lipinski definition) is 1. The third-order valence-corrected chi connectivity index (χ3v) is 7.27. The predicted molar refractivity (Wildman–Crippen MR) is 127 cm³/mol. The molecule has 2 N–H and O–H groups in total. The van der Waals surface area contributed by atoms with Gasteiger partial charge in [0, 0.05) is 30.7 Å². The lowest BCUT2D eigenvalue weighted by molar-refractivity contribution is 0.593. The Morgan fingerprint density at radius 1 is 1.00 bits per heavy atom. The summed E-state index contributed by atoms with van der Waals surface area (Å²) in [5.41, 5.74) is 6.84. The molecule has 0 fully saturated rings. The number of nitrogens with zero attached hydrogens (tertiary/aromatic N) is 3. The van der Waals surface area contributed by atoms with E-state index in [1.807, 2.05) is 31.2 Å². The molecular weight excluding hydrogens is 420 g/mol. The smallest absolute Gasteiger partial charge is 0.255 e. The number of pyridine rings is 1. The lowest BCUT2D eigenvalue weighted by atomic mass is 10.00. The number of nitrogens with two attached hydrogens (primary N) is 1. The first-order chi connectivity index (χ1) is 15.3. The molecule has 0 bridgehead atoms. The van der Waals surface area contributed by atoms with Crippen molar-refractivity contribution in [1.29, 1.82) is 0 Å². The largest absolute Gasteiger partial charge is 0.350 e. The van der Waals surface area contributed by atoms with Crippen molar-refractivity contribution in [2.75, 3.05) is 11.4 Å². The highest BCUT2D eigenvalue weighted by Crippen LogP contribution is 2.36. The molecule has 3 heterocycles. The molecule has 164 valence electrons. The van der Waals surface area contributed by atoms with E-state index in [1.54, 1.807) is 6.07 Å². The van der Waals surface area contributed by atoms with E-state index in [4.69, 9.17) is 5.14 Å². The Bertz CT molecular complexity index is 1430. The molecular formula is C25H26N4O2S. The maximum absolute atomic E-state index is 12.3. The Balaban J connectivity index is 1.74. The Morgan fingerprint density at radius 2 is 1.69 bits per heavy atom. The van der Waals surface area contributed by atoms with Crippen LogP contribution in [0.3, 0.4) is 0 Å². The first kappa shape index (κ1) is 20.7. The number of fused-ring (bicyclic) bond motifs is 2. The average molecular weight is 447 g/mol. The molecule has 2 aromatic heterocycles. The van der Waals surface area contributed by atoms with Gasteiger partial charge >= 0.3 is 0 Å². The molecule has 0 saturated carbocycles. The number of benzene rings is 2. The molecule has 2 aromatic carbocycles. The molecule has 5 rings (SSSR count). The standard InChI is InChI=1S/C25H26N4O2S/c1-17-18(2)29(15-19-8-4-3-5-9-19)24-22(17)14-23(32(26,30)31)27-25(24)28-13-12-20-10-6-7-11-21(20)16-28/h3-11,14H,12-13,15-16H2,1-2H3,(H2,26,30,31). The van der Waals surface area contributed by atoms with Crippen LogP contribution in [0.15, 0.2) is 65.7 Å². The number of aryl methyl sites for hydroxylation is 1. The third kappa shape index (κ3) is 3.57. The number of hydrogen-bond acceptors (Lipinski definition) is 4. The van der Waals surface area contributed by atoms with E-state index in [2.05, 4.69) is 51.7 Å². The molecule has 0 unspecified atom stereocenters. The van der Waals surface area contributed by atoms with Gasteiger partial charge in [0.15, 0.2) is 10.8 Å². The van der Waals surface area contributed by atoms with Gasteiger partial charge in [-0.3, -0.25) is 0 Å². The van der Waals surface area contributed by atoms with Gasteiger partial charge in [0.05, 0.1) is 5.52 Å². The molecule has 4 aromatic rings. The van der Waals surface area contributed by atoms with E-state index in [9.17, 15) is 8.42 Å². The van der Waals surface area contributed by atoms with Crippen LogP contribution in [0.25, 0.3) is 10.9 Å². The Kier molecular flexibility index (Phi) is 5.03. The molecule has 6 nitrogen and oxygen atoms in total. The second kappa shape index (κ2) is 7.76. The summed E-state index contributed by atoms with van der Waals surface area (Å²) < 4.78 is 26.8. The van der Waals surface area contributed by atoms with Crippen LogP contribution in [-0.4, -0.2) is 24.5 Å². The number of primary sulfonamides is 1. The predicted octanol–water partition coefficient (Wildman–Crippen LogP) is 3.91. The summed E-state index contributed by atoms with van der Waals surface area (Å²) in [4.78, 5) is 6.80. The van der Waals surface area contributed by atoms with Crippen LogP contribution in [-0.2, 0) is 29.5 Å². The zero-order valence-electron chi connectivity index (χ0n) is 18.2. The van der Waals surface area contributed by atoms with Crippen molar-refractivity contribution in [3.63, 3.8) is 0 Å². The van der Waals surface area contributed by atoms with E-state index >= 15 is 0 Å². The zero-order chi connectivity index (χ0) is 22.5. The summed E-state index contributed by atoms with van der Waals surface area (Å²) in [6, 6.07) is 20.3. The van der Waals surface area contributed by atoms with Crippen LogP contribution in [0.2, 0.25) is 0 Å². The molecule has 0 saturated heterocycles. The molecule has 32 heavy (non-hydrogen) atoms. The topological polar surface area (TPSA) is 81.2 Å². The fraction of sp³-hybridized carbons (Fsp3) is 0.240. The second-order valence-electron chi connectivity index (χ2n) is 8.45. The Morgan fingerprint density at radius 3 is 2.41 bits per heavy atom. The van der Waals surface area contributed by atoms with Crippen LogP contribution in [0.1, 0.15) is 27.9 Å². The number of aromatic nitrogens is 2. The zero-order valence-corrected chi connectivity index (χ0v) is 19.1. The SMILES string of the molecule is Cc1c(C)n(Cc2ccccc2)c2c(N3CCc4ccccc4C3)nc(S(N)(=O)=O)cc12. The Hall–Kier alpha value is -3.16. The molecule has 0 spiro atoms. The van der Waals surface area contributed by atoms with E-state index in [1.165, 1.54) is 16.7 Å². The van der Waals surface area contributed by atoms with Crippen LogP contribution >= 0.6 is 0 Å². The molecule has 1 aliphatic rings. The summed E-state index contributed by atoms with van der Waals surface area (Å²) in [6.45, 7) is 6.24. The molecule has 1 aliphatic heterocycles. The molecule has 0 amide bonds. The third-order valence-electron chi connectivity index (χ3n) is 6.48. The summed E-state index contributed by atoms with van der Waals surface area (Å²) in [5, 5.41) is 6.32. The van der Waals surface area contributed by atoms with Gasteiger partial charge < -0.3 is 9.47 Å². The Labute approximate surface area is 188 Å². The first-order valence-corrected chi connectivity index (χ1v) is 12.3. The van der Waals surface area contributed by atoms with Crippen molar-refractivity contribution in [2.45, 2.75) is 38.4 Å². The van der Waals surface area contributed by atoms with Crippen LogP contribution in [0.5, 0.6) is 0 Å². The van der Waals surface area contributed by atoms with Gasteiger partial charge in [-0.15, -0.1) is 0 Å². The fourth-order valence-electron chi connectivity index (χ4n) is 4.63. The van der Waals surface area contributed by atoms with Crippen LogP contribution < -0.4 is 10.0 Å². The molecule has 7 heteroatoms. The van der Waals surface area contributed by atoms with Crippen molar-refractivity contribution in [3.8, 4) is 0 Å². The van der Waals surface area contributed by atoms with Crippen molar-refractivity contribution >= 4 is 26.7 Å².